The minimum Gasteiger partial charge on any atom is -0.289 e. The number of nitrogens with zero attached hydrogens (tertiary/aromatic N) is 3. The van der Waals surface area contributed by atoms with Crippen molar-refractivity contribution in [2.75, 3.05) is 6.54 Å². The Labute approximate surface area is 185 Å². The summed E-state index contributed by atoms with van der Waals surface area (Å²) in [6.07, 6.45) is 0.158. The van der Waals surface area contributed by atoms with Gasteiger partial charge in [0.1, 0.15) is 5.82 Å². The lowest BCUT2D eigenvalue weighted by Crippen LogP contribution is -2.08. The van der Waals surface area contributed by atoms with Crippen LogP contribution in [-0.4, -0.2) is 30.4 Å². The minimum absolute atomic E-state index is 0.0529. The summed E-state index contributed by atoms with van der Waals surface area (Å²) in [5, 5.41) is 0. The van der Waals surface area contributed by atoms with Crippen molar-refractivity contribution in [1.29, 1.82) is 0 Å². The van der Waals surface area contributed by atoms with Crippen LogP contribution in [-0.2, 0) is 0 Å². The average molecular weight is 443 g/mol. The van der Waals surface area contributed by atoms with Gasteiger partial charge in [-0.25, -0.2) is 4.39 Å². The van der Waals surface area contributed by atoms with Crippen molar-refractivity contribution in [3.8, 4) is 11.1 Å². The highest BCUT2D eigenvalue weighted by molar-refractivity contribution is 6.07. The average Bonchev–Trinajstić information content (AvgIpc) is 2.77. The molecule has 0 fully saturated rings. The van der Waals surface area contributed by atoms with Crippen molar-refractivity contribution >= 4 is 23.3 Å². The fourth-order valence-electron chi connectivity index (χ4n) is 3.43. The third-order valence-electron chi connectivity index (χ3n) is 5.17. The van der Waals surface area contributed by atoms with Gasteiger partial charge in [-0.3, -0.25) is 15.0 Å². The maximum atomic E-state index is 14.3. The molecule has 0 radical (unpaired) electrons. The summed E-state index contributed by atoms with van der Waals surface area (Å²) in [7, 11) is 0. The zero-order valence-corrected chi connectivity index (χ0v) is 18.1. The Morgan fingerprint density at radius 1 is 1.06 bits per heavy atom. The van der Waals surface area contributed by atoms with Gasteiger partial charge in [0.2, 0.25) is 0 Å². The van der Waals surface area contributed by atoms with Crippen LogP contribution in [0.3, 0.4) is 0 Å². The number of halogens is 4. The molecule has 2 aromatic rings. The molecule has 0 aromatic heterocycles. The first-order valence-electron chi connectivity index (χ1n) is 10.5. The van der Waals surface area contributed by atoms with Gasteiger partial charge in [0.25, 0.3) is 0 Å². The van der Waals surface area contributed by atoms with Gasteiger partial charge in [0.05, 0.1) is 5.69 Å². The Hall–Kier alpha value is -3.09. The first-order valence-corrected chi connectivity index (χ1v) is 10.5. The molecule has 3 rings (SSSR count). The van der Waals surface area contributed by atoms with Crippen molar-refractivity contribution in [2.45, 2.75) is 45.7 Å². The Bertz CT molecular complexity index is 1080. The Morgan fingerprint density at radius 2 is 1.84 bits per heavy atom. The molecule has 0 aliphatic carbocycles. The normalized spacial score (nSPS) is 15.1. The molecule has 1 aliphatic heterocycles. The first kappa shape index (κ1) is 23.6. The maximum absolute atomic E-state index is 14.3. The molecule has 7 heteroatoms. The summed E-state index contributed by atoms with van der Waals surface area (Å²) >= 11 is 0. The van der Waals surface area contributed by atoms with E-state index in [0.717, 1.165) is 24.1 Å². The van der Waals surface area contributed by atoms with Gasteiger partial charge in [-0.1, -0.05) is 24.3 Å². The van der Waals surface area contributed by atoms with E-state index in [1.165, 1.54) is 6.07 Å². The highest BCUT2D eigenvalue weighted by atomic mass is 19.4. The summed E-state index contributed by atoms with van der Waals surface area (Å²) in [6.45, 7) is 3.70. The zero-order chi connectivity index (χ0) is 23.1. The fraction of sp³-hybridized carbons (Fsp3) is 0.320. The fourth-order valence-corrected chi connectivity index (χ4v) is 3.43. The summed E-state index contributed by atoms with van der Waals surface area (Å²) < 4.78 is 51.7. The minimum atomic E-state index is -4.20. The van der Waals surface area contributed by atoms with Crippen molar-refractivity contribution in [3.05, 3.63) is 65.6 Å². The summed E-state index contributed by atoms with van der Waals surface area (Å²) in [5.74, 6) is -0.351. The van der Waals surface area contributed by atoms with Crippen LogP contribution < -0.4 is 0 Å². The predicted molar refractivity (Wildman–Crippen MR) is 123 cm³/mol. The van der Waals surface area contributed by atoms with E-state index < -0.39 is 12.6 Å². The Balaban J connectivity index is 1.97. The van der Waals surface area contributed by atoms with Gasteiger partial charge in [-0.15, -0.1) is 0 Å². The molecule has 32 heavy (non-hydrogen) atoms. The number of benzene rings is 2. The standard InChI is InChI=1S/C25H25F4N3/c1-17(20-7-5-13-30-16-20)32-24-11-10-19(21-8-3-4-9-23(21)26)15-22(24)18(2)31-14-6-12-25(27,28)29/h3-4,8-11,13,15-16H,5-7,12,14H2,1-2H3. The molecule has 0 amide bonds. The Morgan fingerprint density at radius 3 is 2.53 bits per heavy atom. The van der Waals surface area contributed by atoms with E-state index in [2.05, 4.69) is 9.98 Å². The van der Waals surface area contributed by atoms with Gasteiger partial charge in [0.15, 0.2) is 0 Å². The Kier molecular flexibility index (Phi) is 7.72. The molecule has 0 N–H and O–H groups in total. The number of aliphatic imine (C=N–C) groups is 3. The van der Waals surface area contributed by atoms with Crippen LogP contribution in [0.25, 0.3) is 11.1 Å². The number of alkyl halides is 3. The number of hydrogen-bond donors (Lipinski definition) is 0. The lowest BCUT2D eigenvalue weighted by Gasteiger charge is -2.13. The van der Waals surface area contributed by atoms with Crippen molar-refractivity contribution < 1.29 is 17.6 Å². The van der Waals surface area contributed by atoms with Crippen LogP contribution in [0, 0.1) is 5.82 Å². The lowest BCUT2D eigenvalue weighted by molar-refractivity contribution is -0.134. The molecule has 1 aliphatic rings. The second kappa shape index (κ2) is 10.5. The third kappa shape index (κ3) is 6.45. The third-order valence-corrected chi connectivity index (χ3v) is 5.17. The molecular formula is C25H25F4N3. The monoisotopic (exact) mass is 443 g/mol. The van der Waals surface area contributed by atoms with Gasteiger partial charge < -0.3 is 0 Å². The quantitative estimate of drug-likeness (QED) is 0.242. The molecule has 3 nitrogen and oxygen atoms in total. The van der Waals surface area contributed by atoms with Crippen LogP contribution in [0.4, 0.5) is 23.2 Å². The van der Waals surface area contributed by atoms with Gasteiger partial charge in [-0.05, 0) is 62.4 Å². The van der Waals surface area contributed by atoms with E-state index >= 15 is 0 Å². The first-order chi connectivity index (χ1) is 15.2. The summed E-state index contributed by atoms with van der Waals surface area (Å²) in [4.78, 5) is 13.3. The van der Waals surface area contributed by atoms with Crippen LogP contribution in [0.15, 0.2) is 69.2 Å². The molecule has 0 unspecified atom stereocenters. The van der Waals surface area contributed by atoms with E-state index in [0.29, 0.717) is 28.1 Å². The van der Waals surface area contributed by atoms with E-state index in [9.17, 15) is 17.6 Å². The van der Waals surface area contributed by atoms with E-state index in [1.807, 2.05) is 13.1 Å². The van der Waals surface area contributed by atoms with E-state index in [-0.39, 0.29) is 18.8 Å². The zero-order valence-electron chi connectivity index (χ0n) is 18.1. The van der Waals surface area contributed by atoms with Crippen LogP contribution in [0.2, 0.25) is 0 Å². The summed E-state index contributed by atoms with van der Waals surface area (Å²) in [6, 6.07) is 11.8. The van der Waals surface area contributed by atoms with Crippen molar-refractivity contribution in [3.63, 3.8) is 0 Å². The van der Waals surface area contributed by atoms with Gasteiger partial charge in [-0.2, -0.15) is 13.2 Å². The topological polar surface area (TPSA) is 37.1 Å². The lowest BCUT2D eigenvalue weighted by atomic mass is 9.99. The molecule has 0 atom stereocenters. The number of allylic oxidation sites excluding steroid dienone is 1. The summed E-state index contributed by atoms with van der Waals surface area (Å²) in [5.41, 5.74) is 4.79. The molecule has 0 spiro atoms. The van der Waals surface area contributed by atoms with Gasteiger partial charge >= 0.3 is 6.18 Å². The van der Waals surface area contributed by atoms with Crippen molar-refractivity contribution in [2.24, 2.45) is 15.0 Å². The van der Waals surface area contributed by atoms with Crippen LogP contribution in [0.1, 0.15) is 45.1 Å². The number of rotatable bonds is 7. The highest BCUT2D eigenvalue weighted by Gasteiger charge is 2.25. The molecule has 0 saturated heterocycles. The van der Waals surface area contributed by atoms with Crippen LogP contribution >= 0.6 is 0 Å². The number of hydrogen-bond acceptors (Lipinski definition) is 3. The van der Waals surface area contributed by atoms with Crippen LogP contribution in [0.5, 0.6) is 0 Å². The largest absolute Gasteiger partial charge is 0.389 e. The smallest absolute Gasteiger partial charge is 0.289 e. The highest BCUT2D eigenvalue weighted by Crippen LogP contribution is 2.30. The molecule has 0 saturated carbocycles. The van der Waals surface area contributed by atoms with E-state index in [4.69, 9.17) is 4.99 Å². The second-order valence-electron chi connectivity index (χ2n) is 7.62. The van der Waals surface area contributed by atoms with E-state index in [1.54, 1.807) is 49.5 Å². The second-order valence-corrected chi connectivity index (χ2v) is 7.62. The molecule has 0 bridgehead atoms. The molecule has 2 aromatic carbocycles. The molecular weight excluding hydrogens is 418 g/mol. The van der Waals surface area contributed by atoms with Gasteiger partial charge in [0, 0.05) is 47.9 Å². The molecule has 1 heterocycles. The SMILES string of the molecule is CC(=Nc1ccc(-c2ccccc2F)cc1C(C)=NCCCC(F)(F)F)C1=CN=CCC1. The maximum Gasteiger partial charge on any atom is 0.389 e. The predicted octanol–water partition coefficient (Wildman–Crippen LogP) is 7.49. The van der Waals surface area contributed by atoms with Crippen molar-refractivity contribution in [1.82, 2.24) is 0 Å². The molecule has 168 valence electrons.